The van der Waals surface area contributed by atoms with Gasteiger partial charge in [0.05, 0.1) is 5.69 Å². The van der Waals surface area contributed by atoms with Gasteiger partial charge in [0, 0.05) is 21.0 Å². The van der Waals surface area contributed by atoms with Gasteiger partial charge in [-0.1, -0.05) is 11.6 Å². The van der Waals surface area contributed by atoms with Gasteiger partial charge in [-0.25, -0.2) is 14.4 Å². The molecule has 0 bridgehead atoms. The molecule has 0 spiro atoms. The summed E-state index contributed by atoms with van der Waals surface area (Å²) in [7, 11) is 0. The molecule has 3 nitrogen and oxygen atoms in total. The highest BCUT2D eigenvalue weighted by Gasteiger charge is 2.04. The molecular weight excluding hydrogens is 343 g/mol. The number of aromatic nitrogens is 2. The van der Waals surface area contributed by atoms with Gasteiger partial charge in [0.1, 0.15) is 5.82 Å². The highest BCUT2D eigenvalue weighted by molar-refractivity contribution is 14.1. The molecule has 1 aromatic carbocycles. The van der Waals surface area contributed by atoms with Gasteiger partial charge in [0.15, 0.2) is 0 Å². The van der Waals surface area contributed by atoms with Crippen LogP contribution in [0.2, 0.25) is 5.02 Å². The number of hydrogen-bond acceptors (Lipinski definition) is 3. The lowest BCUT2D eigenvalue weighted by Gasteiger charge is -2.05. The van der Waals surface area contributed by atoms with Crippen LogP contribution in [0.4, 0.5) is 16.0 Å². The van der Waals surface area contributed by atoms with Crippen molar-refractivity contribution in [2.45, 2.75) is 0 Å². The minimum absolute atomic E-state index is 0.297. The van der Waals surface area contributed by atoms with Crippen molar-refractivity contribution in [1.82, 2.24) is 9.97 Å². The summed E-state index contributed by atoms with van der Waals surface area (Å²) in [6.45, 7) is 0. The van der Waals surface area contributed by atoms with Crippen LogP contribution in [0.25, 0.3) is 0 Å². The van der Waals surface area contributed by atoms with Crippen molar-refractivity contribution in [3.63, 3.8) is 0 Å². The quantitative estimate of drug-likeness (QED) is 0.842. The van der Waals surface area contributed by atoms with Crippen molar-refractivity contribution in [3.05, 3.63) is 45.0 Å². The number of benzene rings is 1. The Morgan fingerprint density at radius 2 is 1.94 bits per heavy atom. The van der Waals surface area contributed by atoms with E-state index in [1.165, 1.54) is 6.07 Å². The Balaban J connectivity index is 2.23. The summed E-state index contributed by atoms with van der Waals surface area (Å²) >= 11 is 7.73. The fraction of sp³-hybridized carbons (Fsp3) is 0. The van der Waals surface area contributed by atoms with Gasteiger partial charge in [0.25, 0.3) is 0 Å². The largest absolute Gasteiger partial charge is 0.322 e. The number of nitrogens with zero attached hydrogens (tertiary/aromatic N) is 2. The van der Waals surface area contributed by atoms with Gasteiger partial charge in [0.2, 0.25) is 5.95 Å². The van der Waals surface area contributed by atoms with Crippen LogP contribution in [0.15, 0.2) is 30.6 Å². The lowest BCUT2D eigenvalue weighted by Crippen LogP contribution is -1.98. The standard InChI is InChI=1S/C10H6ClFIN3/c11-6-1-2-9(8(12)3-6)16-10-14-4-7(13)5-15-10/h1-5H,(H,14,15,16). The fourth-order valence-corrected chi connectivity index (χ4v) is 1.53. The van der Waals surface area contributed by atoms with Gasteiger partial charge in [-0.3, -0.25) is 0 Å². The van der Waals surface area contributed by atoms with Crippen molar-refractivity contribution >= 4 is 45.8 Å². The maximum atomic E-state index is 13.4. The second kappa shape index (κ2) is 4.92. The second-order valence-corrected chi connectivity index (χ2v) is 4.66. The molecule has 0 saturated carbocycles. The molecule has 2 aromatic rings. The van der Waals surface area contributed by atoms with E-state index in [0.29, 0.717) is 16.7 Å². The van der Waals surface area contributed by atoms with Crippen molar-refractivity contribution in [3.8, 4) is 0 Å². The third-order valence-electron chi connectivity index (χ3n) is 1.80. The molecule has 1 aromatic heterocycles. The first kappa shape index (κ1) is 11.5. The minimum atomic E-state index is -0.436. The van der Waals surface area contributed by atoms with E-state index in [-0.39, 0.29) is 0 Å². The Bertz CT molecular complexity index is 504. The Morgan fingerprint density at radius 1 is 1.25 bits per heavy atom. The van der Waals surface area contributed by atoms with Gasteiger partial charge in [-0.15, -0.1) is 0 Å². The van der Waals surface area contributed by atoms with Crippen LogP contribution in [0.3, 0.4) is 0 Å². The fourth-order valence-electron chi connectivity index (χ4n) is 1.09. The molecule has 0 radical (unpaired) electrons. The van der Waals surface area contributed by atoms with E-state index < -0.39 is 5.82 Å². The van der Waals surface area contributed by atoms with Crippen LogP contribution in [0.1, 0.15) is 0 Å². The molecule has 2 rings (SSSR count). The maximum Gasteiger partial charge on any atom is 0.227 e. The Hall–Kier alpha value is -0.950. The Kier molecular flexibility index (Phi) is 3.55. The molecular formula is C10H6ClFIN3. The summed E-state index contributed by atoms with van der Waals surface area (Å²) < 4.78 is 14.3. The zero-order valence-electron chi connectivity index (χ0n) is 7.92. The highest BCUT2D eigenvalue weighted by atomic mass is 127. The Labute approximate surface area is 110 Å². The normalized spacial score (nSPS) is 10.2. The summed E-state index contributed by atoms with van der Waals surface area (Å²) in [6.07, 6.45) is 3.29. The Morgan fingerprint density at radius 3 is 2.56 bits per heavy atom. The van der Waals surface area contributed by atoms with E-state index in [9.17, 15) is 4.39 Å². The SMILES string of the molecule is Fc1cc(Cl)ccc1Nc1ncc(I)cn1. The van der Waals surface area contributed by atoms with Gasteiger partial charge >= 0.3 is 0 Å². The van der Waals surface area contributed by atoms with Crippen molar-refractivity contribution in [1.29, 1.82) is 0 Å². The first-order chi connectivity index (χ1) is 7.65. The lowest BCUT2D eigenvalue weighted by molar-refractivity contribution is 0.631. The number of rotatable bonds is 2. The average Bonchev–Trinajstić information content (AvgIpc) is 2.25. The summed E-state index contributed by atoms with van der Waals surface area (Å²) in [5.74, 6) is -0.0868. The molecule has 0 atom stereocenters. The van der Waals surface area contributed by atoms with E-state index in [1.807, 2.05) is 0 Å². The summed E-state index contributed by atoms with van der Waals surface area (Å²) in [6, 6.07) is 4.37. The maximum absolute atomic E-state index is 13.4. The monoisotopic (exact) mass is 349 g/mol. The highest BCUT2D eigenvalue weighted by Crippen LogP contribution is 2.21. The third kappa shape index (κ3) is 2.79. The van der Waals surface area contributed by atoms with Gasteiger partial charge < -0.3 is 5.32 Å². The molecule has 6 heteroatoms. The predicted octanol–water partition coefficient (Wildman–Crippen LogP) is 3.62. The molecule has 0 aliphatic heterocycles. The molecule has 0 amide bonds. The van der Waals surface area contributed by atoms with Crippen molar-refractivity contribution in [2.24, 2.45) is 0 Å². The molecule has 1 heterocycles. The van der Waals surface area contributed by atoms with Crippen LogP contribution in [-0.2, 0) is 0 Å². The van der Waals surface area contributed by atoms with Crippen molar-refractivity contribution < 1.29 is 4.39 Å². The zero-order valence-corrected chi connectivity index (χ0v) is 10.8. The second-order valence-electron chi connectivity index (χ2n) is 2.97. The average molecular weight is 350 g/mol. The molecule has 0 unspecified atom stereocenters. The molecule has 16 heavy (non-hydrogen) atoms. The van der Waals surface area contributed by atoms with Crippen LogP contribution in [-0.4, -0.2) is 9.97 Å². The smallest absolute Gasteiger partial charge is 0.227 e. The number of halogens is 3. The molecule has 0 aliphatic rings. The molecule has 0 saturated heterocycles. The first-order valence-corrected chi connectivity index (χ1v) is 5.80. The predicted molar refractivity (Wildman–Crippen MR) is 69.4 cm³/mol. The van der Waals surface area contributed by atoms with Crippen LogP contribution >= 0.6 is 34.2 Å². The van der Waals surface area contributed by atoms with E-state index >= 15 is 0 Å². The topological polar surface area (TPSA) is 37.8 Å². The molecule has 0 aliphatic carbocycles. The number of hydrogen-bond donors (Lipinski definition) is 1. The zero-order chi connectivity index (χ0) is 11.5. The third-order valence-corrected chi connectivity index (χ3v) is 2.59. The van der Waals surface area contributed by atoms with E-state index in [2.05, 4.69) is 37.9 Å². The van der Waals surface area contributed by atoms with E-state index in [1.54, 1.807) is 24.5 Å². The van der Waals surface area contributed by atoms with Gasteiger partial charge in [-0.2, -0.15) is 0 Å². The summed E-state index contributed by atoms with van der Waals surface area (Å²) in [5, 5.41) is 3.12. The van der Waals surface area contributed by atoms with E-state index in [0.717, 1.165) is 3.57 Å². The van der Waals surface area contributed by atoms with E-state index in [4.69, 9.17) is 11.6 Å². The van der Waals surface area contributed by atoms with Crippen LogP contribution in [0.5, 0.6) is 0 Å². The lowest BCUT2D eigenvalue weighted by atomic mass is 10.3. The van der Waals surface area contributed by atoms with Gasteiger partial charge in [-0.05, 0) is 40.8 Å². The summed E-state index contributed by atoms with van der Waals surface area (Å²) in [5.41, 5.74) is 0.297. The molecule has 0 fully saturated rings. The minimum Gasteiger partial charge on any atom is -0.322 e. The molecule has 1 N–H and O–H groups in total. The number of anilines is 2. The number of nitrogens with one attached hydrogen (secondary N) is 1. The summed E-state index contributed by atoms with van der Waals surface area (Å²) in [4.78, 5) is 8.02. The van der Waals surface area contributed by atoms with Crippen LogP contribution in [0, 0.1) is 9.39 Å². The molecule has 82 valence electrons. The van der Waals surface area contributed by atoms with Crippen LogP contribution < -0.4 is 5.32 Å². The first-order valence-electron chi connectivity index (χ1n) is 4.35. The van der Waals surface area contributed by atoms with Crippen molar-refractivity contribution in [2.75, 3.05) is 5.32 Å².